The lowest BCUT2D eigenvalue weighted by Gasteiger charge is -2.12. The molecule has 5 heteroatoms. The van der Waals surface area contributed by atoms with Crippen molar-refractivity contribution in [2.45, 2.75) is 26.4 Å². The van der Waals surface area contributed by atoms with E-state index in [1.165, 1.54) is 0 Å². The minimum absolute atomic E-state index is 0.0824. The van der Waals surface area contributed by atoms with Gasteiger partial charge in [0.25, 0.3) is 5.91 Å². The van der Waals surface area contributed by atoms with E-state index in [1.807, 2.05) is 4.68 Å². The Hall–Kier alpha value is -1.80. The lowest BCUT2D eigenvalue weighted by molar-refractivity contribution is 0.0820. The third kappa shape index (κ3) is 2.64. The number of amides is 1. The minimum atomic E-state index is -0.0824. The zero-order valence-electron chi connectivity index (χ0n) is 12.0. The number of aromatic nitrogens is 2. The molecule has 1 aliphatic heterocycles. The van der Waals surface area contributed by atoms with Crippen LogP contribution in [-0.4, -0.2) is 53.2 Å². The van der Waals surface area contributed by atoms with Crippen molar-refractivity contribution >= 4 is 5.91 Å². The van der Waals surface area contributed by atoms with Gasteiger partial charge in [-0.15, -0.1) is 5.92 Å². The van der Waals surface area contributed by atoms with Crippen LogP contribution >= 0.6 is 0 Å². The molecule has 19 heavy (non-hydrogen) atoms. The van der Waals surface area contributed by atoms with Gasteiger partial charge in [0.05, 0.1) is 11.3 Å². The Morgan fingerprint density at radius 3 is 2.74 bits per heavy atom. The van der Waals surface area contributed by atoms with E-state index >= 15 is 0 Å². The SMILES string of the molecule is CC#Cc1c(C(=O)N(C)C)nn2c1CN(C)CCC2. The molecule has 0 saturated carbocycles. The number of aryl methyl sites for hydroxylation is 1. The van der Waals surface area contributed by atoms with Gasteiger partial charge in [-0.25, -0.2) is 0 Å². The van der Waals surface area contributed by atoms with E-state index in [9.17, 15) is 4.79 Å². The van der Waals surface area contributed by atoms with Gasteiger partial charge < -0.3 is 9.80 Å². The van der Waals surface area contributed by atoms with E-state index in [0.717, 1.165) is 37.3 Å². The average molecular weight is 260 g/mol. The number of hydrogen-bond acceptors (Lipinski definition) is 3. The van der Waals surface area contributed by atoms with E-state index in [4.69, 9.17) is 0 Å². The van der Waals surface area contributed by atoms with Crippen LogP contribution in [0.5, 0.6) is 0 Å². The maximum Gasteiger partial charge on any atom is 0.275 e. The first kappa shape index (κ1) is 13.6. The molecule has 0 aliphatic carbocycles. The molecule has 1 aromatic rings. The van der Waals surface area contributed by atoms with Crippen LogP contribution in [0.3, 0.4) is 0 Å². The summed E-state index contributed by atoms with van der Waals surface area (Å²) in [7, 11) is 5.56. The van der Waals surface area contributed by atoms with Gasteiger partial charge >= 0.3 is 0 Å². The van der Waals surface area contributed by atoms with Crippen LogP contribution in [-0.2, 0) is 13.1 Å². The molecule has 5 nitrogen and oxygen atoms in total. The zero-order chi connectivity index (χ0) is 14.0. The first-order valence-corrected chi connectivity index (χ1v) is 6.47. The summed E-state index contributed by atoms with van der Waals surface area (Å²) in [5.74, 6) is 5.88. The largest absolute Gasteiger partial charge is 0.343 e. The lowest BCUT2D eigenvalue weighted by Crippen LogP contribution is -2.23. The summed E-state index contributed by atoms with van der Waals surface area (Å²) in [5.41, 5.74) is 2.32. The van der Waals surface area contributed by atoms with Crippen molar-refractivity contribution in [3.8, 4) is 11.8 Å². The number of fused-ring (bicyclic) bond motifs is 1. The fourth-order valence-corrected chi connectivity index (χ4v) is 2.29. The molecule has 1 aliphatic rings. The highest BCUT2D eigenvalue weighted by Gasteiger charge is 2.25. The molecular weight excluding hydrogens is 240 g/mol. The highest BCUT2D eigenvalue weighted by molar-refractivity contribution is 5.94. The number of rotatable bonds is 1. The van der Waals surface area contributed by atoms with E-state index in [1.54, 1.807) is 25.9 Å². The normalized spacial score (nSPS) is 15.2. The average Bonchev–Trinajstić information content (AvgIpc) is 2.57. The predicted octanol–water partition coefficient (Wildman–Crippen LogP) is 0.792. The molecule has 0 spiro atoms. The third-order valence-electron chi connectivity index (χ3n) is 3.25. The molecule has 1 aromatic heterocycles. The molecule has 0 saturated heterocycles. The van der Waals surface area contributed by atoms with Crippen LogP contribution in [0.1, 0.15) is 35.1 Å². The summed E-state index contributed by atoms with van der Waals surface area (Å²) in [6.07, 6.45) is 1.04. The van der Waals surface area contributed by atoms with Gasteiger partial charge in [0, 0.05) is 33.7 Å². The van der Waals surface area contributed by atoms with Gasteiger partial charge in [0.1, 0.15) is 0 Å². The van der Waals surface area contributed by atoms with Crippen molar-refractivity contribution in [1.29, 1.82) is 0 Å². The Morgan fingerprint density at radius 2 is 2.11 bits per heavy atom. The summed E-state index contributed by atoms with van der Waals surface area (Å²) in [4.78, 5) is 16.0. The minimum Gasteiger partial charge on any atom is -0.343 e. The Labute approximate surface area is 114 Å². The molecule has 2 heterocycles. The second kappa shape index (κ2) is 5.45. The van der Waals surface area contributed by atoms with E-state index in [0.29, 0.717) is 5.69 Å². The second-order valence-corrected chi connectivity index (χ2v) is 5.06. The second-order valence-electron chi connectivity index (χ2n) is 5.06. The number of nitrogens with zero attached hydrogens (tertiary/aromatic N) is 4. The van der Waals surface area contributed by atoms with Gasteiger partial charge in [0.15, 0.2) is 5.69 Å². The number of carbonyl (C=O) groups excluding carboxylic acids is 1. The van der Waals surface area contributed by atoms with Gasteiger partial charge in [-0.2, -0.15) is 5.10 Å². The first-order valence-electron chi connectivity index (χ1n) is 6.47. The van der Waals surface area contributed by atoms with Gasteiger partial charge in [-0.05, 0) is 20.4 Å². The molecule has 0 fully saturated rings. The highest BCUT2D eigenvalue weighted by Crippen LogP contribution is 2.19. The fraction of sp³-hybridized carbons (Fsp3) is 0.571. The van der Waals surface area contributed by atoms with Gasteiger partial charge in [-0.1, -0.05) is 5.92 Å². The van der Waals surface area contributed by atoms with Crippen LogP contribution < -0.4 is 0 Å². The predicted molar refractivity (Wildman–Crippen MR) is 73.7 cm³/mol. The molecular formula is C14H20N4O. The van der Waals surface area contributed by atoms with Gasteiger partial charge in [-0.3, -0.25) is 9.48 Å². The van der Waals surface area contributed by atoms with E-state index in [2.05, 4.69) is 28.9 Å². The summed E-state index contributed by atoms with van der Waals surface area (Å²) in [6, 6.07) is 0. The van der Waals surface area contributed by atoms with Crippen LogP contribution in [0.2, 0.25) is 0 Å². The Bertz CT molecular complexity index is 548. The third-order valence-corrected chi connectivity index (χ3v) is 3.25. The fourth-order valence-electron chi connectivity index (χ4n) is 2.29. The van der Waals surface area contributed by atoms with Crippen LogP contribution in [0.25, 0.3) is 0 Å². The van der Waals surface area contributed by atoms with Crippen molar-refractivity contribution in [2.24, 2.45) is 0 Å². The molecule has 0 aromatic carbocycles. The quantitative estimate of drug-likeness (QED) is 0.701. The summed E-state index contributed by atoms with van der Waals surface area (Å²) >= 11 is 0. The maximum atomic E-state index is 12.2. The Balaban J connectivity index is 2.53. The van der Waals surface area contributed by atoms with Crippen LogP contribution in [0.4, 0.5) is 0 Å². The maximum absolute atomic E-state index is 12.2. The van der Waals surface area contributed by atoms with Crippen LogP contribution in [0.15, 0.2) is 0 Å². The molecule has 2 rings (SSSR count). The number of hydrogen-bond donors (Lipinski definition) is 0. The van der Waals surface area contributed by atoms with Crippen molar-refractivity contribution in [3.05, 3.63) is 17.0 Å². The van der Waals surface area contributed by atoms with Crippen molar-refractivity contribution in [1.82, 2.24) is 19.6 Å². The number of carbonyl (C=O) groups is 1. The van der Waals surface area contributed by atoms with Gasteiger partial charge in [0.2, 0.25) is 0 Å². The van der Waals surface area contributed by atoms with E-state index in [-0.39, 0.29) is 5.91 Å². The molecule has 0 bridgehead atoms. The monoisotopic (exact) mass is 260 g/mol. The molecule has 1 amide bonds. The van der Waals surface area contributed by atoms with Crippen molar-refractivity contribution in [3.63, 3.8) is 0 Å². The van der Waals surface area contributed by atoms with E-state index < -0.39 is 0 Å². The molecule has 0 radical (unpaired) electrons. The summed E-state index contributed by atoms with van der Waals surface area (Å²) in [6.45, 7) is 4.46. The first-order chi connectivity index (χ1) is 9.04. The van der Waals surface area contributed by atoms with Crippen molar-refractivity contribution < 1.29 is 4.79 Å². The van der Waals surface area contributed by atoms with Crippen LogP contribution in [0, 0.1) is 11.8 Å². The molecule has 102 valence electrons. The standard InChI is InChI=1S/C14H20N4O/c1-5-7-11-12-10-17(4)8-6-9-18(12)15-13(11)14(19)16(2)3/h6,8-10H2,1-4H3. The Morgan fingerprint density at radius 1 is 1.37 bits per heavy atom. The highest BCUT2D eigenvalue weighted by atomic mass is 16.2. The molecule has 0 unspecified atom stereocenters. The molecule has 0 atom stereocenters. The Kier molecular flexibility index (Phi) is 3.91. The summed E-state index contributed by atoms with van der Waals surface area (Å²) < 4.78 is 1.94. The van der Waals surface area contributed by atoms with Crippen molar-refractivity contribution in [2.75, 3.05) is 27.7 Å². The topological polar surface area (TPSA) is 41.4 Å². The molecule has 0 N–H and O–H groups in total. The smallest absolute Gasteiger partial charge is 0.275 e. The zero-order valence-corrected chi connectivity index (χ0v) is 12.0. The lowest BCUT2D eigenvalue weighted by atomic mass is 10.1. The summed E-state index contributed by atoms with van der Waals surface area (Å²) in [5, 5.41) is 4.48.